The number of carboxylic acid groups (broad SMARTS) is 1. The first-order valence-electron chi connectivity index (χ1n) is 4.07. The van der Waals surface area contributed by atoms with E-state index in [1.54, 1.807) is 17.4 Å². The molecule has 0 spiro atoms. The Balaban J connectivity index is 2.21. The van der Waals surface area contributed by atoms with Crippen molar-refractivity contribution in [1.82, 2.24) is 0 Å². The van der Waals surface area contributed by atoms with Gasteiger partial charge in [0.1, 0.15) is 5.75 Å². The minimum Gasteiger partial charge on any atom is -0.482 e. The maximum absolute atomic E-state index is 10.3. The molecule has 0 amide bonds. The highest BCUT2D eigenvalue weighted by molar-refractivity contribution is 7.17. The minimum absolute atomic E-state index is 0.296. The molecule has 0 unspecified atom stereocenters. The van der Waals surface area contributed by atoms with Crippen molar-refractivity contribution in [2.24, 2.45) is 0 Å². The second-order valence-corrected chi connectivity index (χ2v) is 3.75. The van der Waals surface area contributed by atoms with Crippen LogP contribution in [0.25, 0.3) is 10.1 Å². The first kappa shape index (κ1) is 9.02. The molecule has 2 aromatic rings. The molecule has 1 N–H and O–H groups in total. The van der Waals surface area contributed by atoms with Crippen molar-refractivity contribution in [2.75, 3.05) is 6.61 Å². The van der Waals surface area contributed by atoms with E-state index in [1.165, 1.54) is 4.70 Å². The lowest BCUT2D eigenvalue weighted by atomic mass is 10.2. The maximum atomic E-state index is 10.3. The van der Waals surface area contributed by atoms with Crippen LogP contribution in [0.3, 0.4) is 0 Å². The summed E-state index contributed by atoms with van der Waals surface area (Å²) < 4.78 is 6.22. The van der Waals surface area contributed by atoms with Gasteiger partial charge >= 0.3 is 5.97 Å². The molecule has 72 valence electrons. The van der Waals surface area contributed by atoms with Crippen LogP contribution in [0.2, 0.25) is 0 Å². The van der Waals surface area contributed by atoms with Crippen molar-refractivity contribution in [3.63, 3.8) is 0 Å². The molecule has 2 rings (SSSR count). The standard InChI is InChI=1S/C10H8O3S/c11-10(12)6-13-8-1-2-9-7(5-8)3-4-14-9/h1-5H,6H2,(H,11,12). The van der Waals surface area contributed by atoms with Crippen LogP contribution in [-0.2, 0) is 4.79 Å². The summed E-state index contributed by atoms with van der Waals surface area (Å²) in [7, 11) is 0. The van der Waals surface area contributed by atoms with Crippen LogP contribution >= 0.6 is 11.3 Å². The number of aliphatic carboxylic acids is 1. The van der Waals surface area contributed by atoms with Crippen molar-refractivity contribution < 1.29 is 14.6 Å². The first-order chi connectivity index (χ1) is 6.75. The van der Waals surface area contributed by atoms with E-state index in [0.717, 1.165) is 5.39 Å². The van der Waals surface area contributed by atoms with Crippen molar-refractivity contribution in [3.8, 4) is 5.75 Å². The predicted molar refractivity (Wildman–Crippen MR) is 55.0 cm³/mol. The third kappa shape index (κ3) is 1.85. The molecular formula is C10H8O3S. The van der Waals surface area contributed by atoms with E-state index in [0.29, 0.717) is 5.75 Å². The quantitative estimate of drug-likeness (QED) is 0.842. The van der Waals surface area contributed by atoms with E-state index in [2.05, 4.69) is 0 Å². The van der Waals surface area contributed by atoms with Crippen molar-refractivity contribution >= 4 is 27.4 Å². The van der Waals surface area contributed by atoms with Gasteiger partial charge in [-0.3, -0.25) is 0 Å². The molecule has 4 heteroatoms. The van der Waals surface area contributed by atoms with Gasteiger partial charge < -0.3 is 9.84 Å². The summed E-state index contributed by atoms with van der Waals surface area (Å²) in [4.78, 5) is 10.3. The lowest BCUT2D eigenvalue weighted by Crippen LogP contribution is -2.09. The zero-order valence-corrected chi connectivity index (χ0v) is 8.08. The second kappa shape index (κ2) is 3.67. The molecule has 0 saturated heterocycles. The highest BCUT2D eigenvalue weighted by Crippen LogP contribution is 2.24. The van der Waals surface area contributed by atoms with Gasteiger partial charge in [-0.2, -0.15) is 0 Å². The van der Waals surface area contributed by atoms with E-state index >= 15 is 0 Å². The average Bonchev–Trinajstić information content (AvgIpc) is 2.61. The Hall–Kier alpha value is -1.55. The van der Waals surface area contributed by atoms with Gasteiger partial charge in [0.05, 0.1) is 0 Å². The van der Waals surface area contributed by atoms with E-state index < -0.39 is 5.97 Å². The monoisotopic (exact) mass is 208 g/mol. The zero-order valence-electron chi connectivity index (χ0n) is 7.27. The number of ether oxygens (including phenoxy) is 1. The molecule has 14 heavy (non-hydrogen) atoms. The zero-order chi connectivity index (χ0) is 9.97. The normalized spacial score (nSPS) is 10.3. The van der Waals surface area contributed by atoms with Crippen LogP contribution in [-0.4, -0.2) is 17.7 Å². The number of rotatable bonds is 3. The van der Waals surface area contributed by atoms with Crippen LogP contribution in [0.1, 0.15) is 0 Å². The Kier molecular flexibility index (Phi) is 2.37. The summed E-state index contributed by atoms with van der Waals surface area (Å²) in [6.45, 7) is -0.296. The third-order valence-electron chi connectivity index (χ3n) is 1.79. The van der Waals surface area contributed by atoms with E-state index in [-0.39, 0.29) is 6.61 Å². The Bertz CT molecular complexity index is 461. The highest BCUT2D eigenvalue weighted by Gasteiger charge is 2.00. The molecule has 0 fully saturated rings. The predicted octanol–water partition coefficient (Wildman–Crippen LogP) is 2.36. The van der Waals surface area contributed by atoms with Crippen LogP contribution in [0.4, 0.5) is 0 Å². The second-order valence-electron chi connectivity index (χ2n) is 2.80. The molecule has 0 bridgehead atoms. The van der Waals surface area contributed by atoms with Gasteiger partial charge in [-0.05, 0) is 35.0 Å². The van der Waals surface area contributed by atoms with Crippen molar-refractivity contribution in [2.45, 2.75) is 0 Å². The molecule has 0 aliphatic rings. The molecule has 0 radical (unpaired) electrons. The van der Waals surface area contributed by atoms with Gasteiger partial charge in [0.2, 0.25) is 0 Å². The largest absolute Gasteiger partial charge is 0.482 e. The smallest absolute Gasteiger partial charge is 0.341 e. The van der Waals surface area contributed by atoms with E-state index in [4.69, 9.17) is 9.84 Å². The SMILES string of the molecule is O=C(O)COc1ccc2sccc2c1. The molecular weight excluding hydrogens is 200 g/mol. The molecule has 0 atom stereocenters. The Morgan fingerprint density at radius 1 is 1.43 bits per heavy atom. The Morgan fingerprint density at radius 3 is 3.07 bits per heavy atom. The average molecular weight is 208 g/mol. The van der Waals surface area contributed by atoms with Crippen LogP contribution in [0.5, 0.6) is 5.75 Å². The summed E-state index contributed by atoms with van der Waals surface area (Å²) in [5.41, 5.74) is 0. The fourth-order valence-corrected chi connectivity index (χ4v) is 1.95. The maximum Gasteiger partial charge on any atom is 0.341 e. The molecule has 1 aromatic carbocycles. The third-order valence-corrected chi connectivity index (χ3v) is 2.68. The van der Waals surface area contributed by atoms with Gasteiger partial charge in [-0.25, -0.2) is 4.79 Å². The molecule has 0 aliphatic heterocycles. The lowest BCUT2D eigenvalue weighted by molar-refractivity contribution is -0.139. The summed E-state index contributed by atoms with van der Waals surface area (Å²) in [5, 5.41) is 11.5. The van der Waals surface area contributed by atoms with Crippen LogP contribution in [0, 0.1) is 0 Å². The van der Waals surface area contributed by atoms with Gasteiger partial charge in [0, 0.05) is 4.70 Å². The van der Waals surface area contributed by atoms with E-state index in [9.17, 15) is 4.79 Å². The fraction of sp³-hybridized carbons (Fsp3) is 0.100. The molecule has 1 heterocycles. The highest BCUT2D eigenvalue weighted by atomic mass is 32.1. The number of carbonyl (C=O) groups is 1. The number of benzene rings is 1. The molecule has 0 aliphatic carbocycles. The first-order valence-corrected chi connectivity index (χ1v) is 4.95. The van der Waals surface area contributed by atoms with Gasteiger partial charge in [-0.15, -0.1) is 11.3 Å². The van der Waals surface area contributed by atoms with Crippen molar-refractivity contribution in [3.05, 3.63) is 29.6 Å². The Morgan fingerprint density at radius 2 is 2.29 bits per heavy atom. The summed E-state index contributed by atoms with van der Waals surface area (Å²) in [5.74, 6) is -0.367. The molecule has 3 nitrogen and oxygen atoms in total. The number of carboxylic acids is 1. The number of hydrogen-bond acceptors (Lipinski definition) is 3. The van der Waals surface area contributed by atoms with Gasteiger partial charge in [0.15, 0.2) is 6.61 Å². The topological polar surface area (TPSA) is 46.5 Å². The molecule has 1 aromatic heterocycles. The number of fused-ring (bicyclic) bond motifs is 1. The van der Waals surface area contributed by atoms with E-state index in [1.807, 2.05) is 23.6 Å². The van der Waals surface area contributed by atoms with Crippen LogP contribution < -0.4 is 4.74 Å². The van der Waals surface area contributed by atoms with Crippen molar-refractivity contribution in [1.29, 1.82) is 0 Å². The summed E-state index contributed by atoms with van der Waals surface area (Å²) >= 11 is 1.65. The van der Waals surface area contributed by atoms with Crippen LogP contribution in [0.15, 0.2) is 29.6 Å². The van der Waals surface area contributed by atoms with Gasteiger partial charge in [0.25, 0.3) is 0 Å². The minimum atomic E-state index is -0.963. The molecule has 0 saturated carbocycles. The fourth-order valence-electron chi connectivity index (χ4n) is 1.18. The lowest BCUT2D eigenvalue weighted by Gasteiger charge is -2.02. The summed E-state index contributed by atoms with van der Waals surface area (Å²) in [6, 6.07) is 7.53. The number of hydrogen-bond donors (Lipinski definition) is 1. The van der Waals surface area contributed by atoms with Gasteiger partial charge in [-0.1, -0.05) is 0 Å². The number of thiophene rings is 1. The Labute approximate surface area is 84.6 Å². The summed E-state index contributed by atoms with van der Waals surface area (Å²) in [6.07, 6.45) is 0.